The van der Waals surface area contributed by atoms with Crippen LogP contribution in [0.3, 0.4) is 0 Å². The van der Waals surface area contributed by atoms with E-state index in [0.29, 0.717) is 12.1 Å². The molecule has 2 heteroatoms. The Labute approximate surface area is 113 Å². The van der Waals surface area contributed by atoms with Gasteiger partial charge in [-0.25, -0.2) is 0 Å². The van der Waals surface area contributed by atoms with Gasteiger partial charge in [0.1, 0.15) is 0 Å². The van der Waals surface area contributed by atoms with E-state index in [1.807, 2.05) is 61.5 Å². The van der Waals surface area contributed by atoms with Crippen LogP contribution in [0.5, 0.6) is 0 Å². The minimum absolute atomic E-state index is 0.0756. The molecule has 1 N–H and O–H groups in total. The molecule has 0 aliphatic rings. The molecule has 0 atom stereocenters. The lowest BCUT2D eigenvalue weighted by Gasteiger charge is -2.11. The van der Waals surface area contributed by atoms with Gasteiger partial charge in [-0.1, -0.05) is 55.1 Å². The van der Waals surface area contributed by atoms with E-state index in [4.69, 9.17) is 0 Å². The Morgan fingerprint density at radius 2 is 1.68 bits per heavy atom. The van der Waals surface area contributed by atoms with Crippen molar-refractivity contribution in [3.8, 4) is 0 Å². The van der Waals surface area contributed by atoms with Gasteiger partial charge in [0, 0.05) is 16.9 Å². The normalized spacial score (nSPS) is 9.95. The number of carbonyl (C=O) groups is 1. The number of hydrogen-bond donors (Lipinski definition) is 1. The second kappa shape index (κ2) is 6.01. The zero-order chi connectivity index (χ0) is 13.7. The smallest absolute Gasteiger partial charge is 0.168 e. The molecule has 2 aromatic carbocycles. The highest BCUT2D eigenvalue weighted by atomic mass is 16.1. The molecule has 0 saturated heterocycles. The topological polar surface area (TPSA) is 29.1 Å². The van der Waals surface area contributed by atoms with Gasteiger partial charge in [-0.15, -0.1) is 0 Å². The summed E-state index contributed by atoms with van der Waals surface area (Å²) in [6, 6.07) is 17.2. The van der Waals surface area contributed by atoms with E-state index in [0.717, 1.165) is 16.8 Å². The van der Waals surface area contributed by atoms with Crippen molar-refractivity contribution in [2.45, 2.75) is 13.3 Å². The number of carbonyl (C=O) groups excluding carboxylic acids is 1. The Kier molecular flexibility index (Phi) is 4.14. The van der Waals surface area contributed by atoms with E-state index in [9.17, 15) is 4.79 Å². The van der Waals surface area contributed by atoms with Gasteiger partial charge in [0.05, 0.1) is 6.42 Å². The van der Waals surface area contributed by atoms with Gasteiger partial charge in [0.2, 0.25) is 0 Å². The Morgan fingerprint density at radius 1 is 1.05 bits per heavy atom. The minimum Gasteiger partial charge on any atom is -0.359 e. The molecule has 2 rings (SSSR count). The van der Waals surface area contributed by atoms with Crippen LogP contribution in [0.25, 0.3) is 0 Å². The van der Waals surface area contributed by atoms with Crippen LogP contribution < -0.4 is 5.32 Å². The van der Waals surface area contributed by atoms with E-state index in [1.165, 1.54) is 0 Å². The fourth-order valence-electron chi connectivity index (χ4n) is 1.87. The second-order valence-electron chi connectivity index (χ2n) is 4.51. The maximum Gasteiger partial charge on any atom is 0.168 e. The zero-order valence-electron chi connectivity index (χ0n) is 11.0. The maximum atomic E-state index is 12.0. The quantitative estimate of drug-likeness (QED) is 0.807. The number of aryl methyl sites for hydroxylation is 1. The van der Waals surface area contributed by atoms with E-state index >= 15 is 0 Å². The molecule has 0 saturated carbocycles. The number of Topliss-reactive ketones (excluding diaryl/α,β-unsaturated/α-hetero) is 1. The maximum absolute atomic E-state index is 12.0. The number of nitrogens with one attached hydrogen (secondary N) is 1. The van der Waals surface area contributed by atoms with Crippen molar-refractivity contribution in [2.75, 3.05) is 5.32 Å². The predicted molar refractivity (Wildman–Crippen MR) is 79.3 cm³/mol. The molecule has 2 nitrogen and oxygen atoms in total. The number of ketones is 1. The Hall–Kier alpha value is -2.35. The van der Waals surface area contributed by atoms with Crippen LogP contribution in [0.4, 0.5) is 5.69 Å². The lowest BCUT2D eigenvalue weighted by molar-refractivity contribution is 0.0993. The summed E-state index contributed by atoms with van der Waals surface area (Å²) in [4.78, 5) is 12.0. The fraction of sp³-hybridized carbons (Fsp3) is 0.118. The standard InChI is InChI=1S/C17H17NO/c1-13-8-6-7-11-16(13)18-14(2)12-17(19)15-9-4-3-5-10-15/h3-11,18H,2,12H2,1H3. The van der Waals surface area contributed by atoms with Crippen molar-refractivity contribution in [1.82, 2.24) is 0 Å². The summed E-state index contributed by atoms with van der Waals surface area (Å²) >= 11 is 0. The summed E-state index contributed by atoms with van der Waals surface area (Å²) in [6.07, 6.45) is 0.304. The Bertz CT molecular complexity index is 587. The van der Waals surface area contributed by atoms with Crippen LogP contribution in [0.15, 0.2) is 66.9 Å². The number of hydrogen-bond acceptors (Lipinski definition) is 2. The first-order chi connectivity index (χ1) is 9.16. The fourth-order valence-corrected chi connectivity index (χ4v) is 1.87. The molecule has 0 fully saturated rings. The van der Waals surface area contributed by atoms with Gasteiger partial charge >= 0.3 is 0 Å². The molecule has 0 unspecified atom stereocenters. The summed E-state index contributed by atoms with van der Waals surface area (Å²) in [5.41, 5.74) is 3.56. The Morgan fingerprint density at radius 3 is 2.37 bits per heavy atom. The number of para-hydroxylation sites is 1. The van der Waals surface area contributed by atoms with Gasteiger partial charge < -0.3 is 5.32 Å². The third kappa shape index (κ3) is 3.55. The highest BCUT2D eigenvalue weighted by molar-refractivity contribution is 5.97. The molecule has 0 aromatic heterocycles. The molecule has 0 aliphatic carbocycles. The number of allylic oxidation sites excluding steroid dienone is 1. The molecule has 96 valence electrons. The van der Waals surface area contributed by atoms with Crippen LogP contribution in [-0.2, 0) is 0 Å². The van der Waals surface area contributed by atoms with E-state index in [2.05, 4.69) is 11.9 Å². The average Bonchev–Trinajstić information content (AvgIpc) is 2.42. The first kappa shape index (κ1) is 13.1. The van der Waals surface area contributed by atoms with Crippen molar-refractivity contribution in [3.63, 3.8) is 0 Å². The second-order valence-corrected chi connectivity index (χ2v) is 4.51. The first-order valence-electron chi connectivity index (χ1n) is 6.25. The molecular formula is C17H17NO. The van der Waals surface area contributed by atoms with Crippen molar-refractivity contribution in [3.05, 3.63) is 78.0 Å². The number of rotatable bonds is 5. The zero-order valence-corrected chi connectivity index (χ0v) is 11.0. The summed E-state index contributed by atoms with van der Waals surface area (Å²) < 4.78 is 0. The highest BCUT2D eigenvalue weighted by Crippen LogP contribution is 2.17. The van der Waals surface area contributed by atoms with Crippen LogP contribution in [0, 0.1) is 6.92 Å². The monoisotopic (exact) mass is 251 g/mol. The van der Waals surface area contributed by atoms with Crippen molar-refractivity contribution in [2.24, 2.45) is 0 Å². The highest BCUT2D eigenvalue weighted by Gasteiger charge is 2.07. The van der Waals surface area contributed by atoms with Gasteiger partial charge in [-0.3, -0.25) is 4.79 Å². The largest absolute Gasteiger partial charge is 0.359 e. The van der Waals surface area contributed by atoms with Crippen molar-refractivity contribution < 1.29 is 4.79 Å². The van der Waals surface area contributed by atoms with E-state index in [1.54, 1.807) is 0 Å². The lowest BCUT2D eigenvalue weighted by Crippen LogP contribution is -2.06. The molecule has 2 aromatic rings. The number of benzene rings is 2. The third-order valence-electron chi connectivity index (χ3n) is 2.93. The summed E-state index contributed by atoms with van der Waals surface area (Å²) in [5.74, 6) is 0.0756. The molecule has 0 heterocycles. The van der Waals surface area contributed by atoms with Crippen LogP contribution >= 0.6 is 0 Å². The minimum atomic E-state index is 0.0756. The molecule has 0 bridgehead atoms. The van der Waals surface area contributed by atoms with E-state index < -0.39 is 0 Å². The average molecular weight is 251 g/mol. The van der Waals surface area contributed by atoms with Crippen molar-refractivity contribution >= 4 is 11.5 Å². The van der Waals surface area contributed by atoms with Gasteiger partial charge in [-0.05, 0) is 18.6 Å². The summed E-state index contributed by atoms with van der Waals surface area (Å²) in [7, 11) is 0. The summed E-state index contributed by atoms with van der Waals surface area (Å²) in [5, 5.41) is 3.20. The number of anilines is 1. The molecule has 19 heavy (non-hydrogen) atoms. The molecule has 0 amide bonds. The van der Waals surface area contributed by atoms with Gasteiger partial charge in [0.15, 0.2) is 5.78 Å². The van der Waals surface area contributed by atoms with Crippen molar-refractivity contribution in [1.29, 1.82) is 0 Å². The van der Waals surface area contributed by atoms with Gasteiger partial charge in [-0.2, -0.15) is 0 Å². The van der Waals surface area contributed by atoms with Crippen LogP contribution in [-0.4, -0.2) is 5.78 Å². The van der Waals surface area contributed by atoms with Crippen LogP contribution in [0.1, 0.15) is 22.3 Å². The summed E-state index contributed by atoms with van der Waals surface area (Å²) in [6.45, 7) is 5.95. The molecule has 0 radical (unpaired) electrons. The Balaban J connectivity index is 1.99. The molecule has 0 spiro atoms. The van der Waals surface area contributed by atoms with Gasteiger partial charge in [0.25, 0.3) is 0 Å². The molecule has 0 aliphatic heterocycles. The predicted octanol–water partition coefficient (Wildman–Crippen LogP) is 4.19. The van der Waals surface area contributed by atoms with E-state index in [-0.39, 0.29) is 5.78 Å². The lowest BCUT2D eigenvalue weighted by atomic mass is 10.1. The SMILES string of the molecule is C=C(CC(=O)c1ccccc1)Nc1ccccc1C. The van der Waals surface area contributed by atoms with Crippen LogP contribution in [0.2, 0.25) is 0 Å². The molecular weight excluding hydrogens is 234 g/mol. The third-order valence-corrected chi connectivity index (χ3v) is 2.93. The first-order valence-corrected chi connectivity index (χ1v) is 6.25.